The molecule has 1 unspecified atom stereocenters. The Morgan fingerprint density at radius 1 is 1.44 bits per heavy atom. The van der Waals surface area contributed by atoms with Crippen molar-refractivity contribution in [2.24, 2.45) is 5.10 Å². The van der Waals surface area contributed by atoms with Crippen LogP contribution in [-0.4, -0.2) is 37.5 Å². The predicted octanol–water partition coefficient (Wildman–Crippen LogP) is -0.00270. The van der Waals surface area contributed by atoms with Gasteiger partial charge in [0.1, 0.15) is 0 Å². The van der Waals surface area contributed by atoms with Crippen LogP contribution in [0.25, 0.3) is 0 Å². The van der Waals surface area contributed by atoms with E-state index in [1.807, 2.05) is 4.98 Å². The van der Waals surface area contributed by atoms with Crippen molar-refractivity contribution in [2.75, 3.05) is 0 Å². The zero-order chi connectivity index (χ0) is 18.4. The maximum Gasteiger partial charge on any atom is 0.342 e. The molecule has 11 nitrogen and oxygen atoms in total. The van der Waals surface area contributed by atoms with Gasteiger partial charge < -0.3 is 0 Å². The Balaban J connectivity index is 2.01. The zero-order valence-electron chi connectivity index (χ0n) is 12.8. The molecule has 1 aromatic heterocycles. The van der Waals surface area contributed by atoms with E-state index in [9.17, 15) is 24.5 Å². The molecule has 1 aromatic carbocycles. The van der Waals surface area contributed by atoms with Crippen LogP contribution in [0.4, 0.5) is 5.69 Å². The van der Waals surface area contributed by atoms with Gasteiger partial charge in [-0.15, -0.1) is 0 Å². The number of carbonyl (C=O) groups excluding carboxylic acids is 1. The second-order valence-corrected chi connectivity index (χ2v) is 5.95. The summed E-state index contributed by atoms with van der Waals surface area (Å²) in [6.45, 7) is 1.51. The van der Waals surface area contributed by atoms with Gasteiger partial charge in [-0.2, -0.15) is 10.2 Å². The Labute approximate surface area is 143 Å². The lowest BCUT2D eigenvalue weighted by atomic mass is 10.2. The number of hydrazone groups is 1. The number of aromatic nitrogens is 3. The molecule has 0 fully saturated rings. The van der Waals surface area contributed by atoms with E-state index in [1.54, 1.807) is 6.07 Å². The minimum Gasteiger partial charge on any atom is -0.272 e. The number of nitro groups is 1. The molecule has 0 radical (unpaired) electrons. The highest BCUT2D eigenvalue weighted by Crippen LogP contribution is 2.17. The summed E-state index contributed by atoms with van der Waals surface area (Å²) in [4.78, 5) is 46.6. The summed E-state index contributed by atoms with van der Waals surface area (Å²) in [6, 6.07) is 5.91. The summed E-state index contributed by atoms with van der Waals surface area (Å²) in [5.74, 6) is -0.549. The first kappa shape index (κ1) is 18.1. The van der Waals surface area contributed by atoms with Crippen molar-refractivity contribution in [3.8, 4) is 0 Å². The predicted molar refractivity (Wildman–Crippen MR) is 89.6 cm³/mol. The first-order chi connectivity index (χ1) is 11.9. The van der Waals surface area contributed by atoms with Gasteiger partial charge in [-0.1, -0.05) is 23.9 Å². The Morgan fingerprint density at radius 2 is 2.16 bits per heavy atom. The Bertz CT molecular complexity index is 937. The largest absolute Gasteiger partial charge is 0.342 e. The number of nitrogens with zero attached hydrogens (tertiary/aromatic N) is 3. The van der Waals surface area contributed by atoms with Crippen LogP contribution >= 0.6 is 11.8 Å². The lowest BCUT2D eigenvalue weighted by Gasteiger charge is -2.07. The van der Waals surface area contributed by atoms with Crippen LogP contribution < -0.4 is 16.7 Å². The number of thioether (sulfide) groups is 1. The van der Waals surface area contributed by atoms with E-state index >= 15 is 0 Å². The highest BCUT2D eigenvalue weighted by Gasteiger charge is 2.17. The molecule has 130 valence electrons. The maximum absolute atomic E-state index is 11.9. The molecule has 0 saturated heterocycles. The molecule has 12 heteroatoms. The molecule has 0 bridgehead atoms. The van der Waals surface area contributed by atoms with Gasteiger partial charge in [-0.25, -0.2) is 15.3 Å². The number of nitrogens with one attached hydrogen (secondary N) is 3. The van der Waals surface area contributed by atoms with Gasteiger partial charge in [0.2, 0.25) is 0 Å². The molecule has 1 atom stereocenters. The second-order valence-electron chi connectivity index (χ2n) is 4.62. The minimum atomic E-state index is -0.750. The van der Waals surface area contributed by atoms with Crippen molar-refractivity contribution in [3.05, 3.63) is 60.8 Å². The molecule has 2 aromatic rings. The molecule has 25 heavy (non-hydrogen) atoms. The van der Waals surface area contributed by atoms with Gasteiger partial charge >= 0.3 is 5.69 Å². The molecule has 3 N–H and O–H groups in total. The van der Waals surface area contributed by atoms with Gasteiger partial charge in [0.05, 0.1) is 22.0 Å². The number of aromatic amines is 2. The molecular formula is C13H12N6O5S. The van der Waals surface area contributed by atoms with Gasteiger partial charge in [0.25, 0.3) is 17.2 Å². The number of benzene rings is 1. The Morgan fingerprint density at radius 3 is 2.84 bits per heavy atom. The molecule has 0 aliphatic rings. The lowest BCUT2D eigenvalue weighted by molar-refractivity contribution is -0.385. The first-order valence-corrected chi connectivity index (χ1v) is 7.68. The standard InChI is InChI=1S/C13H12N6O5S/c1-7(25-12-11(21)15-13(22)18-17-12)10(20)16-14-6-8-4-2-3-5-9(8)19(23)24/h2-7H,1H3,(H,16,20)(H2,15,18,21,22)/b14-6+. The van der Waals surface area contributed by atoms with Gasteiger partial charge in [-0.3, -0.25) is 24.7 Å². The third-order valence-corrected chi connectivity index (χ3v) is 3.92. The van der Waals surface area contributed by atoms with Crippen molar-refractivity contribution in [1.82, 2.24) is 20.6 Å². The van der Waals surface area contributed by atoms with E-state index < -0.39 is 27.3 Å². The number of H-pyrrole nitrogens is 2. The molecule has 1 amide bonds. The lowest BCUT2D eigenvalue weighted by Crippen LogP contribution is -2.30. The number of carbonyl (C=O) groups is 1. The highest BCUT2D eigenvalue weighted by molar-refractivity contribution is 8.00. The third kappa shape index (κ3) is 4.84. The van der Waals surface area contributed by atoms with Crippen LogP contribution in [0.2, 0.25) is 0 Å². The zero-order valence-corrected chi connectivity index (χ0v) is 13.6. The molecule has 0 aliphatic heterocycles. The molecule has 2 rings (SSSR count). The summed E-state index contributed by atoms with van der Waals surface area (Å²) >= 11 is 0.822. The van der Waals surface area contributed by atoms with Crippen molar-refractivity contribution >= 4 is 29.6 Å². The van der Waals surface area contributed by atoms with Gasteiger partial charge in [0, 0.05) is 6.07 Å². The van der Waals surface area contributed by atoms with Crippen LogP contribution in [0.5, 0.6) is 0 Å². The van der Waals surface area contributed by atoms with E-state index in [-0.39, 0.29) is 16.3 Å². The number of amides is 1. The van der Waals surface area contributed by atoms with Gasteiger partial charge in [-0.05, 0) is 13.0 Å². The quantitative estimate of drug-likeness (QED) is 0.281. The molecule has 0 spiro atoms. The number of nitro benzene ring substituents is 1. The number of para-hydroxylation sites is 1. The number of rotatable bonds is 6. The van der Waals surface area contributed by atoms with E-state index in [0.29, 0.717) is 0 Å². The van der Waals surface area contributed by atoms with Crippen molar-refractivity contribution in [1.29, 1.82) is 0 Å². The first-order valence-electron chi connectivity index (χ1n) is 6.80. The van der Waals surface area contributed by atoms with Gasteiger partial charge in [0.15, 0.2) is 5.03 Å². The Kier molecular flexibility index (Phi) is 5.79. The molecule has 0 saturated carbocycles. The maximum atomic E-state index is 11.9. The third-order valence-electron chi connectivity index (χ3n) is 2.85. The van der Waals surface area contributed by atoms with E-state index in [0.717, 1.165) is 18.0 Å². The number of hydrogen-bond donors (Lipinski definition) is 3. The Hall–Kier alpha value is -3.28. The van der Waals surface area contributed by atoms with E-state index in [2.05, 4.69) is 20.7 Å². The SMILES string of the molecule is CC(Sc1n[nH]c(=O)[nH]c1=O)C(=O)N/N=C/c1ccccc1[N+](=O)[O-]. The van der Waals surface area contributed by atoms with Crippen molar-refractivity contribution in [2.45, 2.75) is 17.2 Å². The van der Waals surface area contributed by atoms with Crippen LogP contribution in [0.1, 0.15) is 12.5 Å². The smallest absolute Gasteiger partial charge is 0.272 e. The van der Waals surface area contributed by atoms with Crippen LogP contribution in [0.15, 0.2) is 44.0 Å². The second kappa shape index (κ2) is 8.01. The fraction of sp³-hybridized carbons (Fsp3) is 0.154. The fourth-order valence-corrected chi connectivity index (χ4v) is 2.41. The summed E-state index contributed by atoms with van der Waals surface area (Å²) < 4.78 is 0. The minimum absolute atomic E-state index is 0.0788. The average Bonchev–Trinajstić information content (AvgIpc) is 2.57. The van der Waals surface area contributed by atoms with Crippen LogP contribution in [0.3, 0.4) is 0 Å². The average molecular weight is 364 g/mol. The van der Waals surface area contributed by atoms with Crippen LogP contribution in [0, 0.1) is 10.1 Å². The van der Waals surface area contributed by atoms with Crippen molar-refractivity contribution in [3.63, 3.8) is 0 Å². The van der Waals surface area contributed by atoms with E-state index in [1.165, 1.54) is 25.1 Å². The summed E-state index contributed by atoms with van der Waals surface area (Å²) in [5.41, 5.74) is 0.845. The highest BCUT2D eigenvalue weighted by atomic mass is 32.2. The summed E-state index contributed by atoms with van der Waals surface area (Å²) in [7, 11) is 0. The molecule has 0 aliphatic carbocycles. The van der Waals surface area contributed by atoms with Crippen molar-refractivity contribution < 1.29 is 9.72 Å². The summed E-state index contributed by atoms with van der Waals surface area (Å²) in [6.07, 6.45) is 1.15. The fourth-order valence-electron chi connectivity index (χ4n) is 1.66. The monoisotopic (exact) mass is 364 g/mol. The number of hydrogen-bond acceptors (Lipinski definition) is 8. The molecule has 1 heterocycles. The topological polar surface area (TPSA) is 163 Å². The van der Waals surface area contributed by atoms with Crippen LogP contribution in [-0.2, 0) is 4.79 Å². The van der Waals surface area contributed by atoms with E-state index in [4.69, 9.17) is 0 Å². The summed E-state index contributed by atoms with van der Waals surface area (Å²) in [5, 5.41) is 19.3. The normalized spacial score (nSPS) is 12.0. The molecular weight excluding hydrogens is 352 g/mol.